The zero-order chi connectivity index (χ0) is 24.4. The number of ether oxygens (including phenoxy) is 1. The summed E-state index contributed by atoms with van der Waals surface area (Å²) in [4.78, 5) is 35.8. The molecule has 0 radical (unpaired) electrons. The molecule has 4 aromatic rings. The molecule has 1 aromatic carbocycles. The van der Waals surface area contributed by atoms with E-state index in [1.165, 1.54) is 6.20 Å². The number of benzene rings is 1. The number of likely N-dealkylation sites (tertiary alicyclic amines) is 1. The molecule has 0 saturated carbocycles. The predicted molar refractivity (Wildman–Crippen MR) is 127 cm³/mol. The van der Waals surface area contributed by atoms with E-state index >= 15 is 0 Å². The monoisotopic (exact) mass is 462 g/mol. The fourth-order valence-electron chi connectivity index (χ4n) is 4.18. The number of aryl methyl sites for hydroxylation is 2. The topological polar surface area (TPSA) is 115 Å². The first-order valence-corrected chi connectivity index (χ1v) is 11.0. The minimum Gasteiger partial charge on any atom is -0.507 e. The number of aromatic nitrogens is 5. The Labute approximate surface area is 195 Å². The van der Waals surface area contributed by atoms with Crippen LogP contribution in [0.4, 0.5) is 4.79 Å². The van der Waals surface area contributed by atoms with Crippen LogP contribution < -0.4 is 5.56 Å². The van der Waals surface area contributed by atoms with Gasteiger partial charge in [-0.05, 0) is 39.8 Å². The molecule has 10 heteroatoms. The van der Waals surface area contributed by atoms with Crippen LogP contribution in [-0.2, 0) is 11.8 Å². The third kappa shape index (κ3) is 3.64. The van der Waals surface area contributed by atoms with Crippen molar-refractivity contribution in [2.45, 2.75) is 39.3 Å². The molecule has 0 aliphatic carbocycles. The molecule has 1 aliphatic heterocycles. The van der Waals surface area contributed by atoms with Crippen LogP contribution in [0.25, 0.3) is 33.2 Å². The van der Waals surface area contributed by atoms with E-state index in [1.807, 2.05) is 34.0 Å². The van der Waals surface area contributed by atoms with Crippen LogP contribution in [0.2, 0.25) is 0 Å². The molecule has 1 saturated heterocycles. The third-order valence-electron chi connectivity index (χ3n) is 5.95. The van der Waals surface area contributed by atoms with E-state index in [0.717, 1.165) is 5.39 Å². The molecule has 1 aliphatic rings. The van der Waals surface area contributed by atoms with Gasteiger partial charge in [-0.15, -0.1) is 0 Å². The third-order valence-corrected chi connectivity index (χ3v) is 5.95. The Morgan fingerprint density at radius 1 is 1.26 bits per heavy atom. The summed E-state index contributed by atoms with van der Waals surface area (Å²) in [7, 11) is 1.82. The van der Waals surface area contributed by atoms with Crippen molar-refractivity contribution in [1.82, 2.24) is 29.2 Å². The number of fused-ring (bicyclic) bond motifs is 2. The van der Waals surface area contributed by atoms with Crippen molar-refractivity contribution >= 4 is 27.9 Å². The van der Waals surface area contributed by atoms with Crippen molar-refractivity contribution in [1.29, 1.82) is 0 Å². The van der Waals surface area contributed by atoms with E-state index in [2.05, 4.69) is 15.1 Å². The summed E-state index contributed by atoms with van der Waals surface area (Å²) in [6.45, 7) is 8.06. The van der Waals surface area contributed by atoms with Gasteiger partial charge in [-0.25, -0.2) is 14.8 Å². The van der Waals surface area contributed by atoms with Crippen LogP contribution >= 0.6 is 0 Å². The van der Waals surface area contributed by atoms with Gasteiger partial charge in [-0.2, -0.15) is 5.10 Å². The molecule has 0 unspecified atom stereocenters. The number of carbonyl (C=O) groups excluding carboxylic acids is 1. The van der Waals surface area contributed by atoms with E-state index in [-0.39, 0.29) is 23.4 Å². The first-order chi connectivity index (χ1) is 16.0. The Hall–Kier alpha value is -3.95. The van der Waals surface area contributed by atoms with Gasteiger partial charge in [0, 0.05) is 49.7 Å². The van der Waals surface area contributed by atoms with Crippen molar-refractivity contribution in [2.75, 3.05) is 13.1 Å². The Morgan fingerprint density at radius 3 is 2.71 bits per heavy atom. The van der Waals surface area contributed by atoms with Gasteiger partial charge in [0.05, 0.1) is 28.0 Å². The van der Waals surface area contributed by atoms with Gasteiger partial charge < -0.3 is 19.3 Å². The molecule has 176 valence electrons. The fourth-order valence-corrected chi connectivity index (χ4v) is 4.18. The molecule has 3 aromatic heterocycles. The zero-order valence-corrected chi connectivity index (χ0v) is 19.7. The lowest BCUT2D eigenvalue weighted by atomic mass is 10.0. The number of nitrogens with zero attached hydrogens (tertiary/aromatic N) is 6. The number of carbonyl (C=O) groups is 1. The largest absolute Gasteiger partial charge is 0.507 e. The lowest BCUT2D eigenvalue weighted by molar-refractivity contribution is 0.000716. The molecule has 1 N–H and O–H groups in total. The summed E-state index contributed by atoms with van der Waals surface area (Å²) < 4.78 is 8.68. The minimum atomic E-state index is -0.564. The Bertz CT molecular complexity index is 1510. The summed E-state index contributed by atoms with van der Waals surface area (Å²) in [5, 5.41) is 16.4. The summed E-state index contributed by atoms with van der Waals surface area (Å²) >= 11 is 0. The smallest absolute Gasteiger partial charge is 0.410 e. The summed E-state index contributed by atoms with van der Waals surface area (Å²) in [6.07, 6.45) is 4.66. The Kier molecular flexibility index (Phi) is 4.85. The molecule has 1 fully saturated rings. The highest BCUT2D eigenvalue weighted by Gasteiger charge is 2.35. The van der Waals surface area contributed by atoms with Gasteiger partial charge in [0.15, 0.2) is 5.82 Å². The van der Waals surface area contributed by atoms with E-state index < -0.39 is 5.60 Å². The lowest BCUT2D eigenvalue weighted by Gasteiger charge is -2.40. The molecule has 0 bridgehead atoms. The molecule has 1 amide bonds. The van der Waals surface area contributed by atoms with Crippen molar-refractivity contribution in [3.05, 3.63) is 46.6 Å². The molecule has 0 spiro atoms. The number of phenols is 1. The highest BCUT2D eigenvalue weighted by Crippen LogP contribution is 2.35. The van der Waals surface area contributed by atoms with Crippen LogP contribution in [0.1, 0.15) is 32.4 Å². The van der Waals surface area contributed by atoms with Crippen LogP contribution in [0, 0.1) is 6.92 Å². The number of hydrogen-bond donors (Lipinski definition) is 1. The molecular formula is C24H26N6O4. The second kappa shape index (κ2) is 7.54. The Balaban J connectivity index is 1.44. The molecular weight excluding hydrogens is 436 g/mol. The van der Waals surface area contributed by atoms with E-state index in [9.17, 15) is 14.7 Å². The lowest BCUT2D eigenvalue weighted by Crippen LogP contribution is -2.53. The maximum absolute atomic E-state index is 13.1. The second-order valence-electron chi connectivity index (χ2n) is 9.70. The van der Waals surface area contributed by atoms with Gasteiger partial charge in [0.25, 0.3) is 5.56 Å². The maximum atomic E-state index is 13.1. The number of phenolic OH excluding ortho intramolecular Hbond substituents is 1. The van der Waals surface area contributed by atoms with Gasteiger partial charge in [0.1, 0.15) is 11.4 Å². The maximum Gasteiger partial charge on any atom is 0.410 e. The Morgan fingerprint density at radius 2 is 2.00 bits per heavy atom. The van der Waals surface area contributed by atoms with E-state index in [0.29, 0.717) is 46.5 Å². The van der Waals surface area contributed by atoms with Gasteiger partial charge in [-0.3, -0.25) is 9.48 Å². The summed E-state index contributed by atoms with van der Waals surface area (Å²) in [6, 6.07) is 3.42. The summed E-state index contributed by atoms with van der Waals surface area (Å²) in [5.74, 6) is 0.395. The van der Waals surface area contributed by atoms with Gasteiger partial charge >= 0.3 is 6.09 Å². The van der Waals surface area contributed by atoms with Crippen LogP contribution in [0.15, 0.2) is 35.5 Å². The summed E-state index contributed by atoms with van der Waals surface area (Å²) in [5.41, 5.74) is 1.54. The first-order valence-electron chi connectivity index (χ1n) is 11.0. The SMILES string of the molecule is Cc1c(O)c(-c2ncc3c(=O)n(C4CN(C(=O)OC(C)(C)C)C4)ccc3n2)cc2cn(C)nc12. The normalized spacial score (nSPS) is 14.6. The minimum absolute atomic E-state index is 0.0654. The predicted octanol–water partition coefficient (Wildman–Crippen LogP) is 3.15. The molecule has 0 atom stereocenters. The van der Waals surface area contributed by atoms with Gasteiger partial charge in [0.2, 0.25) is 0 Å². The molecule has 5 rings (SSSR count). The average molecular weight is 463 g/mol. The van der Waals surface area contributed by atoms with E-state index in [1.54, 1.807) is 39.4 Å². The quantitative estimate of drug-likeness (QED) is 0.486. The van der Waals surface area contributed by atoms with Crippen LogP contribution in [0.5, 0.6) is 5.75 Å². The number of rotatable bonds is 2. The highest BCUT2D eigenvalue weighted by atomic mass is 16.6. The highest BCUT2D eigenvalue weighted by molar-refractivity contribution is 5.90. The van der Waals surface area contributed by atoms with E-state index in [4.69, 9.17) is 4.74 Å². The van der Waals surface area contributed by atoms with Crippen molar-refractivity contribution in [3.63, 3.8) is 0 Å². The molecule has 34 heavy (non-hydrogen) atoms. The fraction of sp³-hybridized carbons (Fsp3) is 0.375. The van der Waals surface area contributed by atoms with Crippen LogP contribution in [0.3, 0.4) is 0 Å². The average Bonchev–Trinajstić information content (AvgIpc) is 3.10. The number of amides is 1. The first kappa shape index (κ1) is 21.9. The standard InChI is InChI=1S/C24H26N6O4/c1-13-19-14(10-28(5)27-19)8-16(20(13)31)21-25-9-17-18(26-21)6-7-30(22(17)32)15-11-29(12-15)23(33)34-24(2,3)4/h6-10,15,31H,11-12H2,1-5H3. The molecule has 4 heterocycles. The van der Waals surface area contributed by atoms with Gasteiger partial charge in [-0.1, -0.05) is 0 Å². The second-order valence-corrected chi connectivity index (χ2v) is 9.70. The number of pyridine rings is 1. The van der Waals surface area contributed by atoms with Crippen molar-refractivity contribution in [2.24, 2.45) is 7.05 Å². The van der Waals surface area contributed by atoms with Crippen molar-refractivity contribution in [3.8, 4) is 17.1 Å². The van der Waals surface area contributed by atoms with Crippen LogP contribution in [-0.4, -0.2) is 59.1 Å². The number of hydrogen-bond acceptors (Lipinski definition) is 7. The van der Waals surface area contributed by atoms with Crippen molar-refractivity contribution < 1.29 is 14.6 Å². The number of aromatic hydroxyl groups is 1. The zero-order valence-electron chi connectivity index (χ0n) is 19.7. The molecule has 10 nitrogen and oxygen atoms in total.